The second kappa shape index (κ2) is 9.50. The molecule has 2 aliphatic rings. The highest BCUT2D eigenvalue weighted by Gasteiger charge is 2.38. The van der Waals surface area contributed by atoms with Gasteiger partial charge >= 0.3 is 5.97 Å². The Morgan fingerprint density at radius 2 is 1.88 bits per heavy atom. The molecular formula is C18H29NO6S. The third-order valence-corrected chi connectivity index (χ3v) is 6.74. The van der Waals surface area contributed by atoms with E-state index in [1.54, 1.807) is 11.8 Å². The van der Waals surface area contributed by atoms with E-state index in [0.717, 1.165) is 32.1 Å². The lowest BCUT2D eigenvalue weighted by Gasteiger charge is -2.38. The van der Waals surface area contributed by atoms with Crippen molar-refractivity contribution < 1.29 is 27.5 Å². The van der Waals surface area contributed by atoms with Crippen LogP contribution in [0.3, 0.4) is 0 Å². The zero-order valence-corrected chi connectivity index (χ0v) is 16.2. The molecular weight excluding hydrogens is 358 g/mol. The van der Waals surface area contributed by atoms with E-state index in [0.29, 0.717) is 6.42 Å². The van der Waals surface area contributed by atoms with Gasteiger partial charge in [0.15, 0.2) is 22.5 Å². The molecule has 2 atom stereocenters. The summed E-state index contributed by atoms with van der Waals surface area (Å²) in [5, 5.41) is 0. The number of hydrogen-bond donors (Lipinski definition) is 0. The number of carbonyl (C=O) groups is 2. The minimum atomic E-state index is -3.10. The van der Waals surface area contributed by atoms with Crippen LogP contribution in [0.25, 0.3) is 0 Å². The molecule has 0 N–H and O–H groups in total. The molecule has 148 valence electrons. The fourth-order valence-electron chi connectivity index (χ4n) is 3.66. The van der Waals surface area contributed by atoms with Crippen molar-refractivity contribution in [2.24, 2.45) is 0 Å². The predicted octanol–water partition coefficient (Wildman–Crippen LogP) is 1.47. The lowest BCUT2D eigenvalue weighted by atomic mass is 9.93. The Morgan fingerprint density at radius 1 is 1.19 bits per heavy atom. The van der Waals surface area contributed by atoms with Gasteiger partial charge < -0.3 is 14.4 Å². The van der Waals surface area contributed by atoms with Crippen molar-refractivity contribution in [1.82, 2.24) is 4.90 Å². The van der Waals surface area contributed by atoms with Gasteiger partial charge in [-0.05, 0) is 26.2 Å². The fraction of sp³-hybridized carbons (Fsp3) is 0.778. The van der Waals surface area contributed by atoms with Gasteiger partial charge in [-0.1, -0.05) is 25.3 Å². The molecule has 0 aromatic heterocycles. The number of amides is 1. The molecule has 1 aliphatic heterocycles. The largest absolute Gasteiger partial charge is 0.454 e. The maximum absolute atomic E-state index is 12.8. The van der Waals surface area contributed by atoms with E-state index >= 15 is 0 Å². The van der Waals surface area contributed by atoms with Crippen LogP contribution in [-0.4, -0.2) is 68.1 Å². The van der Waals surface area contributed by atoms with Crippen LogP contribution in [0.1, 0.15) is 45.4 Å². The van der Waals surface area contributed by atoms with Crippen LogP contribution in [0.2, 0.25) is 0 Å². The van der Waals surface area contributed by atoms with Gasteiger partial charge in [0.1, 0.15) is 0 Å². The molecule has 0 bridgehead atoms. The molecule has 1 saturated heterocycles. The first kappa shape index (κ1) is 20.9. The van der Waals surface area contributed by atoms with Gasteiger partial charge in [0, 0.05) is 12.1 Å². The smallest absolute Gasteiger partial charge is 0.335 e. The van der Waals surface area contributed by atoms with E-state index in [1.165, 1.54) is 6.08 Å². The fourth-order valence-corrected chi connectivity index (χ4v) is 5.38. The van der Waals surface area contributed by atoms with Crippen LogP contribution in [0.5, 0.6) is 0 Å². The van der Waals surface area contributed by atoms with Gasteiger partial charge in [-0.2, -0.15) is 0 Å². The Balaban J connectivity index is 1.99. The highest BCUT2D eigenvalue weighted by Crippen LogP contribution is 2.28. The molecule has 7 nitrogen and oxygen atoms in total. The van der Waals surface area contributed by atoms with Crippen molar-refractivity contribution in [2.75, 3.05) is 24.7 Å². The summed E-state index contributed by atoms with van der Waals surface area (Å²) < 4.78 is 34.0. The van der Waals surface area contributed by atoms with Crippen molar-refractivity contribution >= 4 is 21.7 Å². The SMILES string of the molecule is C=CCOC(C)C(=O)OCC(=O)N(C1CCCCC1)C1CCS(=O)(=O)C1. The number of esters is 1. The zero-order valence-electron chi connectivity index (χ0n) is 15.4. The van der Waals surface area contributed by atoms with Crippen molar-refractivity contribution in [3.63, 3.8) is 0 Å². The molecule has 2 fully saturated rings. The van der Waals surface area contributed by atoms with Crippen LogP contribution in [0, 0.1) is 0 Å². The molecule has 0 aromatic carbocycles. The molecule has 2 rings (SSSR count). The van der Waals surface area contributed by atoms with E-state index < -0.39 is 21.9 Å². The molecule has 8 heteroatoms. The number of rotatable bonds is 8. The minimum Gasteiger partial charge on any atom is -0.454 e. The Bertz CT molecular complexity index is 611. The second-order valence-electron chi connectivity index (χ2n) is 7.02. The number of nitrogens with zero attached hydrogens (tertiary/aromatic N) is 1. The number of hydrogen-bond acceptors (Lipinski definition) is 6. The molecule has 0 aromatic rings. The van der Waals surface area contributed by atoms with Gasteiger partial charge in [-0.25, -0.2) is 13.2 Å². The summed E-state index contributed by atoms with van der Waals surface area (Å²) in [4.78, 5) is 26.4. The molecule has 1 aliphatic carbocycles. The van der Waals surface area contributed by atoms with E-state index in [1.807, 2.05) is 0 Å². The van der Waals surface area contributed by atoms with E-state index in [-0.39, 0.29) is 42.7 Å². The minimum absolute atomic E-state index is 0.00202. The lowest BCUT2D eigenvalue weighted by molar-refractivity contribution is -0.162. The van der Waals surface area contributed by atoms with Crippen molar-refractivity contribution in [3.05, 3.63) is 12.7 Å². The predicted molar refractivity (Wildman–Crippen MR) is 97.3 cm³/mol. The first-order chi connectivity index (χ1) is 12.3. The number of carbonyl (C=O) groups excluding carboxylic acids is 2. The molecule has 0 radical (unpaired) electrons. The summed E-state index contributed by atoms with van der Waals surface area (Å²) in [5.74, 6) is -0.811. The summed E-state index contributed by atoms with van der Waals surface area (Å²) in [5.41, 5.74) is 0. The molecule has 1 heterocycles. The second-order valence-corrected chi connectivity index (χ2v) is 9.25. The van der Waals surface area contributed by atoms with Crippen LogP contribution < -0.4 is 0 Å². The Kier molecular flexibility index (Phi) is 7.64. The average molecular weight is 387 g/mol. The Labute approximate surface area is 155 Å². The quantitative estimate of drug-likeness (QED) is 0.463. The third kappa shape index (κ3) is 5.81. The van der Waals surface area contributed by atoms with Gasteiger partial charge in [0.2, 0.25) is 0 Å². The van der Waals surface area contributed by atoms with Gasteiger partial charge in [-0.3, -0.25) is 4.79 Å². The van der Waals surface area contributed by atoms with Crippen LogP contribution in [0.15, 0.2) is 12.7 Å². The normalized spacial score (nSPS) is 24.0. The molecule has 2 unspecified atom stereocenters. The highest BCUT2D eigenvalue weighted by molar-refractivity contribution is 7.91. The maximum atomic E-state index is 12.8. The van der Waals surface area contributed by atoms with Crippen molar-refractivity contribution in [3.8, 4) is 0 Å². The highest BCUT2D eigenvalue weighted by atomic mass is 32.2. The molecule has 26 heavy (non-hydrogen) atoms. The third-order valence-electron chi connectivity index (χ3n) is 4.99. The standard InChI is InChI=1S/C18H29NO6S/c1-3-10-24-14(2)18(21)25-12-17(20)19(15-7-5-4-6-8-15)16-9-11-26(22,23)13-16/h3,14-16H,1,4-13H2,2H3. The number of sulfone groups is 1. The Morgan fingerprint density at radius 3 is 2.46 bits per heavy atom. The zero-order chi connectivity index (χ0) is 19.2. The average Bonchev–Trinajstić information content (AvgIpc) is 2.98. The Hall–Kier alpha value is -1.41. The van der Waals surface area contributed by atoms with Gasteiger partial charge in [0.25, 0.3) is 5.91 Å². The molecule has 0 spiro atoms. The first-order valence-corrected chi connectivity index (χ1v) is 11.1. The van der Waals surface area contributed by atoms with E-state index in [2.05, 4.69) is 6.58 Å². The van der Waals surface area contributed by atoms with Crippen molar-refractivity contribution in [1.29, 1.82) is 0 Å². The van der Waals surface area contributed by atoms with Gasteiger partial charge in [0.05, 0.1) is 18.1 Å². The molecule has 1 amide bonds. The summed E-state index contributed by atoms with van der Waals surface area (Å²) >= 11 is 0. The summed E-state index contributed by atoms with van der Waals surface area (Å²) in [6, 6.07) is -0.286. The molecule has 1 saturated carbocycles. The van der Waals surface area contributed by atoms with Crippen molar-refractivity contribution in [2.45, 2.75) is 63.6 Å². The summed E-state index contributed by atoms with van der Waals surface area (Å²) in [6.45, 7) is 4.90. The maximum Gasteiger partial charge on any atom is 0.335 e. The van der Waals surface area contributed by atoms with Crippen LogP contribution in [0.4, 0.5) is 0 Å². The summed E-state index contributed by atoms with van der Waals surface area (Å²) in [6.07, 6.45) is 6.13. The van der Waals surface area contributed by atoms with Crippen LogP contribution in [-0.2, 0) is 28.9 Å². The monoisotopic (exact) mass is 387 g/mol. The van der Waals surface area contributed by atoms with E-state index in [9.17, 15) is 18.0 Å². The summed E-state index contributed by atoms with van der Waals surface area (Å²) in [7, 11) is -3.10. The number of ether oxygens (including phenoxy) is 2. The lowest BCUT2D eigenvalue weighted by Crippen LogP contribution is -2.50. The van der Waals surface area contributed by atoms with Gasteiger partial charge in [-0.15, -0.1) is 6.58 Å². The van der Waals surface area contributed by atoms with E-state index in [4.69, 9.17) is 9.47 Å². The van der Waals surface area contributed by atoms with Crippen LogP contribution >= 0.6 is 0 Å². The first-order valence-electron chi connectivity index (χ1n) is 9.25. The topological polar surface area (TPSA) is 90.0 Å².